The molecule has 37 heavy (non-hydrogen) atoms. The number of amides is 1. The molecule has 1 amide bonds. The summed E-state index contributed by atoms with van der Waals surface area (Å²) in [5.41, 5.74) is 6.48. The van der Waals surface area contributed by atoms with E-state index in [4.69, 9.17) is 9.15 Å². The lowest BCUT2D eigenvalue weighted by molar-refractivity contribution is -0.111. The minimum absolute atomic E-state index is 0.0198. The maximum Gasteiger partial charge on any atom is 0.248 e. The first kappa shape index (κ1) is 24.1. The average Bonchev–Trinajstić information content (AvgIpc) is 3.32. The van der Waals surface area contributed by atoms with Crippen LogP contribution in [0.1, 0.15) is 35.3 Å². The van der Waals surface area contributed by atoms with Crippen molar-refractivity contribution in [2.24, 2.45) is 0 Å². The molecule has 0 bridgehead atoms. The Hall–Kier alpha value is -4.64. The van der Waals surface area contributed by atoms with E-state index in [0.717, 1.165) is 49.6 Å². The molecule has 5 aromatic rings. The van der Waals surface area contributed by atoms with E-state index in [2.05, 4.69) is 29.6 Å². The van der Waals surface area contributed by atoms with Gasteiger partial charge < -0.3 is 14.5 Å². The van der Waals surface area contributed by atoms with E-state index in [-0.39, 0.29) is 11.7 Å². The topological polar surface area (TPSA) is 68.5 Å². The lowest BCUT2D eigenvalue weighted by Gasteiger charge is -2.14. The minimum Gasteiger partial charge on any atom is -0.496 e. The summed E-state index contributed by atoms with van der Waals surface area (Å²) in [5.74, 6) is 0.376. The number of hydrogen-bond donors (Lipinski definition) is 1. The molecule has 5 heteroatoms. The second-order valence-electron chi connectivity index (χ2n) is 9.09. The van der Waals surface area contributed by atoms with Crippen LogP contribution in [-0.4, -0.2) is 18.8 Å². The van der Waals surface area contributed by atoms with Crippen LogP contribution in [0.5, 0.6) is 5.75 Å². The Morgan fingerprint density at radius 3 is 2.35 bits per heavy atom. The molecule has 0 fully saturated rings. The van der Waals surface area contributed by atoms with Gasteiger partial charge in [-0.2, -0.15) is 0 Å². The summed E-state index contributed by atoms with van der Waals surface area (Å²) in [7, 11) is 1.62. The molecule has 5 nitrogen and oxygen atoms in total. The van der Waals surface area contributed by atoms with Gasteiger partial charge in [0, 0.05) is 39.4 Å². The molecule has 0 saturated heterocycles. The molecule has 0 spiro atoms. The number of carbonyl (C=O) groups excluding carboxylic acids is 2. The molecular weight excluding hydrogens is 462 g/mol. The predicted octanol–water partition coefficient (Wildman–Crippen LogP) is 7.81. The van der Waals surface area contributed by atoms with Gasteiger partial charge in [0.25, 0.3) is 0 Å². The molecule has 0 radical (unpaired) electrons. The Morgan fingerprint density at radius 2 is 1.62 bits per heavy atom. The van der Waals surface area contributed by atoms with Gasteiger partial charge >= 0.3 is 0 Å². The number of allylic oxidation sites excluding steroid dienone is 1. The largest absolute Gasteiger partial charge is 0.496 e. The van der Waals surface area contributed by atoms with Gasteiger partial charge in [0.2, 0.25) is 5.91 Å². The monoisotopic (exact) mass is 489 g/mol. The summed E-state index contributed by atoms with van der Waals surface area (Å²) in [6, 6.07) is 23.4. The lowest BCUT2D eigenvalue weighted by atomic mass is 9.94. The Kier molecular flexibility index (Phi) is 6.36. The first-order chi connectivity index (χ1) is 17.9. The number of methoxy groups -OCH3 is 1. The number of ether oxygens (including phenoxy) is 1. The van der Waals surface area contributed by atoms with E-state index >= 15 is 0 Å². The fourth-order valence-corrected chi connectivity index (χ4v) is 4.78. The van der Waals surface area contributed by atoms with Crippen LogP contribution in [0.2, 0.25) is 0 Å². The standard InChI is InChI=1S/C32H27NO4/c1-19(16-30(35)33-24-14-12-22(13-15-24)21(3)34)27-17-28-29(18-37-32(28)20(2)31(27)36-4)26-11-7-9-23-8-5-6-10-25(23)26/h5-18H,1-4H3,(H,33,35)/b19-16+. The number of furan rings is 1. The van der Waals surface area contributed by atoms with Gasteiger partial charge in [-0.25, -0.2) is 0 Å². The third-order valence-corrected chi connectivity index (χ3v) is 6.66. The van der Waals surface area contributed by atoms with Crippen molar-refractivity contribution >= 4 is 44.7 Å². The molecule has 1 aromatic heterocycles. The highest BCUT2D eigenvalue weighted by molar-refractivity contribution is 6.08. The van der Waals surface area contributed by atoms with Crippen LogP contribution in [0.3, 0.4) is 0 Å². The Bertz CT molecular complexity index is 1680. The number of fused-ring (bicyclic) bond motifs is 2. The van der Waals surface area contributed by atoms with Gasteiger partial charge in [0.1, 0.15) is 11.3 Å². The Morgan fingerprint density at radius 1 is 0.892 bits per heavy atom. The van der Waals surface area contributed by atoms with Crippen LogP contribution in [0, 0.1) is 6.92 Å². The molecule has 0 atom stereocenters. The fraction of sp³-hybridized carbons (Fsp3) is 0.125. The van der Waals surface area contributed by atoms with E-state index in [1.54, 1.807) is 43.7 Å². The number of carbonyl (C=O) groups is 2. The van der Waals surface area contributed by atoms with Crippen LogP contribution >= 0.6 is 0 Å². The van der Waals surface area contributed by atoms with Crippen molar-refractivity contribution in [2.75, 3.05) is 12.4 Å². The quantitative estimate of drug-likeness (QED) is 0.195. The first-order valence-electron chi connectivity index (χ1n) is 12.0. The number of Topliss-reactive ketones (excluding diaryl/α,β-unsaturated/α-hetero) is 1. The van der Waals surface area contributed by atoms with Crippen LogP contribution < -0.4 is 10.1 Å². The summed E-state index contributed by atoms with van der Waals surface area (Å²) < 4.78 is 11.8. The van der Waals surface area contributed by atoms with Gasteiger partial charge in [-0.15, -0.1) is 0 Å². The molecular formula is C32H27NO4. The molecule has 1 heterocycles. The molecule has 5 rings (SSSR count). The number of ketones is 1. The van der Waals surface area contributed by atoms with Crippen molar-refractivity contribution in [2.45, 2.75) is 20.8 Å². The van der Waals surface area contributed by atoms with Gasteiger partial charge in [-0.1, -0.05) is 42.5 Å². The van der Waals surface area contributed by atoms with Crippen molar-refractivity contribution < 1.29 is 18.7 Å². The molecule has 0 saturated carbocycles. The zero-order valence-corrected chi connectivity index (χ0v) is 21.2. The van der Waals surface area contributed by atoms with E-state index in [0.29, 0.717) is 17.0 Å². The van der Waals surface area contributed by atoms with Crippen LogP contribution in [0.25, 0.3) is 38.4 Å². The third-order valence-electron chi connectivity index (χ3n) is 6.66. The smallest absolute Gasteiger partial charge is 0.248 e. The second-order valence-corrected chi connectivity index (χ2v) is 9.09. The molecule has 1 N–H and O–H groups in total. The summed E-state index contributed by atoms with van der Waals surface area (Å²) in [6.07, 6.45) is 3.35. The summed E-state index contributed by atoms with van der Waals surface area (Å²) in [6.45, 7) is 5.36. The molecule has 184 valence electrons. The number of hydrogen-bond acceptors (Lipinski definition) is 4. The summed E-state index contributed by atoms with van der Waals surface area (Å²) in [5, 5.41) is 6.12. The van der Waals surface area contributed by atoms with Crippen molar-refractivity contribution in [3.8, 4) is 16.9 Å². The van der Waals surface area contributed by atoms with Gasteiger partial charge in [0.15, 0.2) is 5.78 Å². The van der Waals surface area contributed by atoms with Gasteiger partial charge in [0.05, 0.1) is 13.4 Å². The normalized spacial score (nSPS) is 11.6. The highest BCUT2D eigenvalue weighted by Crippen LogP contribution is 2.42. The van der Waals surface area contributed by atoms with Gasteiger partial charge in [-0.3, -0.25) is 9.59 Å². The van der Waals surface area contributed by atoms with E-state index in [1.807, 2.05) is 38.1 Å². The van der Waals surface area contributed by atoms with Crippen molar-refractivity contribution in [1.82, 2.24) is 0 Å². The number of benzene rings is 4. The number of anilines is 1. The Balaban J connectivity index is 1.56. The van der Waals surface area contributed by atoms with E-state index < -0.39 is 0 Å². The third kappa shape index (κ3) is 4.52. The van der Waals surface area contributed by atoms with E-state index in [9.17, 15) is 9.59 Å². The minimum atomic E-state index is -0.269. The summed E-state index contributed by atoms with van der Waals surface area (Å²) in [4.78, 5) is 24.3. The molecule has 0 aliphatic heterocycles. The molecule has 4 aromatic carbocycles. The van der Waals surface area contributed by atoms with Crippen molar-refractivity contribution in [1.29, 1.82) is 0 Å². The molecule has 0 unspecified atom stereocenters. The zero-order chi connectivity index (χ0) is 26.1. The number of rotatable bonds is 6. The first-order valence-corrected chi connectivity index (χ1v) is 12.0. The maximum atomic E-state index is 12.8. The zero-order valence-electron chi connectivity index (χ0n) is 21.2. The van der Waals surface area contributed by atoms with Crippen molar-refractivity contribution in [3.63, 3.8) is 0 Å². The average molecular weight is 490 g/mol. The molecule has 0 aliphatic carbocycles. The number of nitrogens with one attached hydrogen (secondary N) is 1. The second kappa shape index (κ2) is 9.78. The van der Waals surface area contributed by atoms with Crippen molar-refractivity contribution in [3.05, 3.63) is 102 Å². The van der Waals surface area contributed by atoms with E-state index in [1.165, 1.54) is 6.92 Å². The lowest BCUT2D eigenvalue weighted by Crippen LogP contribution is -2.09. The van der Waals surface area contributed by atoms with Crippen LogP contribution in [0.4, 0.5) is 5.69 Å². The summed E-state index contributed by atoms with van der Waals surface area (Å²) >= 11 is 0. The molecule has 0 aliphatic rings. The van der Waals surface area contributed by atoms with Crippen LogP contribution in [-0.2, 0) is 4.79 Å². The predicted molar refractivity (Wildman–Crippen MR) is 149 cm³/mol. The highest BCUT2D eigenvalue weighted by Gasteiger charge is 2.19. The SMILES string of the molecule is COc1c(/C(C)=C/C(=O)Nc2ccc(C(C)=O)cc2)cc2c(-c3cccc4ccccc34)coc2c1C. The maximum absolute atomic E-state index is 12.8. The number of aryl methyl sites for hydroxylation is 1. The highest BCUT2D eigenvalue weighted by atomic mass is 16.5. The Labute approximate surface area is 215 Å². The van der Waals surface area contributed by atoms with Crippen LogP contribution in [0.15, 0.2) is 89.6 Å². The van der Waals surface area contributed by atoms with Gasteiger partial charge in [-0.05, 0) is 73.0 Å². The fourth-order valence-electron chi connectivity index (χ4n) is 4.78.